The van der Waals surface area contributed by atoms with Gasteiger partial charge >= 0.3 is 0 Å². The number of hydrogen-bond acceptors (Lipinski definition) is 3. The zero-order valence-corrected chi connectivity index (χ0v) is 10.7. The topological polar surface area (TPSA) is 22.1 Å². The molecular formula is C12H12ClNOS. The van der Waals surface area contributed by atoms with E-state index in [0.29, 0.717) is 16.3 Å². The third-order valence-electron chi connectivity index (χ3n) is 2.21. The third kappa shape index (κ3) is 2.74. The summed E-state index contributed by atoms with van der Waals surface area (Å²) in [7, 11) is 0. The van der Waals surface area contributed by atoms with Gasteiger partial charge in [0.1, 0.15) is 10.9 Å². The van der Waals surface area contributed by atoms with Crippen molar-refractivity contribution in [2.75, 3.05) is 0 Å². The van der Waals surface area contributed by atoms with E-state index in [1.807, 2.05) is 12.1 Å². The Morgan fingerprint density at radius 3 is 2.44 bits per heavy atom. The molecule has 0 saturated heterocycles. The Hall–Kier alpha value is -1.06. The molecule has 0 aliphatic heterocycles. The molecule has 0 N–H and O–H groups in total. The average molecular weight is 254 g/mol. The molecule has 0 spiro atoms. The molecule has 1 aromatic heterocycles. The Labute approximate surface area is 104 Å². The van der Waals surface area contributed by atoms with Gasteiger partial charge in [0, 0.05) is 5.38 Å². The summed E-state index contributed by atoms with van der Waals surface area (Å²) in [6, 6.07) is 8.03. The number of ether oxygens (including phenoxy) is 1. The van der Waals surface area contributed by atoms with Gasteiger partial charge in [-0.2, -0.15) is 4.98 Å². The molecule has 84 valence electrons. The third-order valence-corrected chi connectivity index (χ3v) is 3.25. The minimum Gasteiger partial charge on any atom is -0.431 e. The lowest BCUT2D eigenvalue weighted by Crippen LogP contribution is -1.87. The summed E-state index contributed by atoms with van der Waals surface area (Å²) in [5, 5.41) is 2.79. The van der Waals surface area contributed by atoms with Gasteiger partial charge in [-0.15, -0.1) is 0 Å². The fourth-order valence-electron chi connectivity index (χ4n) is 1.31. The molecule has 0 saturated carbocycles. The highest BCUT2D eigenvalue weighted by atomic mass is 35.5. The predicted molar refractivity (Wildman–Crippen MR) is 67.7 cm³/mol. The van der Waals surface area contributed by atoms with E-state index >= 15 is 0 Å². The molecule has 16 heavy (non-hydrogen) atoms. The van der Waals surface area contributed by atoms with Crippen LogP contribution in [0.15, 0.2) is 29.6 Å². The number of aromatic nitrogens is 1. The number of halogens is 1. The van der Waals surface area contributed by atoms with Crippen molar-refractivity contribution >= 4 is 22.9 Å². The van der Waals surface area contributed by atoms with Crippen LogP contribution in [0.5, 0.6) is 10.9 Å². The lowest BCUT2D eigenvalue weighted by Gasteiger charge is -2.06. The van der Waals surface area contributed by atoms with Crippen LogP contribution in [0.25, 0.3) is 0 Å². The molecule has 1 aromatic carbocycles. The largest absolute Gasteiger partial charge is 0.431 e. The molecule has 1 heterocycles. The fraction of sp³-hybridized carbons (Fsp3) is 0.250. The Morgan fingerprint density at radius 2 is 1.94 bits per heavy atom. The van der Waals surface area contributed by atoms with E-state index in [1.165, 1.54) is 16.9 Å². The fourth-order valence-corrected chi connectivity index (χ4v) is 2.11. The Bertz CT molecular complexity index is 464. The first-order valence-corrected chi connectivity index (χ1v) is 6.30. The predicted octanol–water partition coefficient (Wildman–Crippen LogP) is 4.71. The molecule has 0 fully saturated rings. The van der Waals surface area contributed by atoms with Gasteiger partial charge in [-0.25, -0.2) is 0 Å². The maximum Gasteiger partial charge on any atom is 0.280 e. The minimum absolute atomic E-state index is 0.471. The van der Waals surface area contributed by atoms with E-state index in [1.54, 1.807) is 5.38 Å². The maximum absolute atomic E-state index is 5.71. The van der Waals surface area contributed by atoms with Crippen molar-refractivity contribution in [1.29, 1.82) is 0 Å². The lowest BCUT2D eigenvalue weighted by molar-refractivity contribution is 0.478. The molecule has 0 bridgehead atoms. The normalized spacial score (nSPS) is 10.8. The monoisotopic (exact) mass is 253 g/mol. The van der Waals surface area contributed by atoms with Crippen LogP contribution in [-0.2, 0) is 0 Å². The molecule has 4 heteroatoms. The highest BCUT2D eigenvalue weighted by Gasteiger charge is 2.03. The van der Waals surface area contributed by atoms with Crippen LogP contribution in [-0.4, -0.2) is 4.98 Å². The Kier molecular flexibility index (Phi) is 3.46. The van der Waals surface area contributed by atoms with Gasteiger partial charge in [0.15, 0.2) is 0 Å². The van der Waals surface area contributed by atoms with E-state index < -0.39 is 0 Å². The first-order valence-electron chi connectivity index (χ1n) is 5.04. The summed E-state index contributed by atoms with van der Waals surface area (Å²) >= 11 is 7.10. The van der Waals surface area contributed by atoms with Crippen molar-refractivity contribution in [2.45, 2.75) is 19.8 Å². The summed E-state index contributed by atoms with van der Waals surface area (Å²) in [5.74, 6) is 1.32. The van der Waals surface area contributed by atoms with E-state index in [0.717, 1.165) is 5.75 Å². The minimum atomic E-state index is 0.471. The van der Waals surface area contributed by atoms with Gasteiger partial charge in [0.2, 0.25) is 0 Å². The second kappa shape index (κ2) is 4.85. The molecule has 0 aliphatic carbocycles. The van der Waals surface area contributed by atoms with Gasteiger partial charge < -0.3 is 4.74 Å². The van der Waals surface area contributed by atoms with Crippen LogP contribution in [0.1, 0.15) is 25.3 Å². The summed E-state index contributed by atoms with van der Waals surface area (Å²) in [6.07, 6.45) is 0. The lowest BCUT2D eigenvalue weighted by atomic mass is 10.0. The van der Waals surface area contributed by atoms with Gasteiger partial charge in [-0.1, -0.05) is 48.9 Å². The summed E-state index contributed by atoms with van der Waals surface area (Å²) in [4.78, 5) is 4.03. The number of nitrogens with zero attached hydrogens (tertiary/aromatic N) is 1. The Morgan fingerprint density at radius 1 is 1.25 bits per heavy atom. The highest BCUT2D eigenvalue weighted by Crippen LogP contribution is 2.27. The van der Waals surface area contributed by atoms with E-state index in [2.05, 4.69) is 31.0 Å². The van der Waals surface area contributed by atoms with Crippen molar-refractivity contribution in [3.05, 3.63) is 40.4 Å². The van der Waals surface area contributed by atoms with Crippen LogP contribution in [0.4, 0.5) is 0 Å². The van der Waals surface area contributed by atoms with Crippen molar-refractivity contribution in [1.82, 2.24) is 4.98 Å². The number of benzene rings is 1. The molecule has 2 aromatic rings. The zero-order chi connectivity index (χ0) is 11.5. The summed E-state index contributed by atoms with van der Waals surface area (Å²) < 4.78 is 5.56. The van der Waals surface area contributed by atoms with Crippen molar-refractivity contribution in [3.8, 4) is 10.9 Å². The van der Waals surface area contributed by atoms with Gasteiger partial charge in [0.25, 0.3) is 5.19 Å². The van der Waals surface area contributed by atoms with Gasteiger partial charge in [-0.3, -0.25) is 0 Å². The van der Waals surface area contributed by atoms with Crippen molar-refractivity contribution in [3.63, 3.8) is 0 Å². The molecule has 2 rings (SSSR count). The first-order chi connectivity index (χ1) is 7.65. The van der Waals surface area contributed by atoms with E-state index in [-0.39, 0.29) is 0 Å². The van der Waals surface area contributed by atoms with E-state index in [9.17, 15) is 0 Å². The van der Waals surface area contributed by atoms with Crippen LogP contribution in [0.3, 0.4) is 0 Å². The zero-order valence-electron chi connectivity index (χ0n) is 9.11. The quantitative estimate of drug-likeness (QED) is 0.790. The van der Waals surface area contributed by atoms with E-state index in [4.69, 9.17) is 16.3 Å². The number of rotatable bonds is 3. The van der Waals surface area contributed by atoms with Crippen LogP contribution < -0.4 is 4.74 Å². The summed E-state index contributed by atoms with van der Waals surface area (Å²) in [5.41, 5.74) is 1.30. The smallest absolute Gasteiger partial charge is 0.280 e. The average Bonchev–Trinajstić information content (AvgIpc) is 2.65. The second-order valence-corrected chi connectivity index (χ2v) is 4.97. The maximum atomic E-state index is 5.71. The number of thiazole rings is 1. The molecular weight excluding hydrogens is 242 g/mol. The van der Waals surface area contributed by atoms with Gasteiger partial charge in [0.05, 0.1) is 0 Å². The first kappa shape index (κ1) is 11.4. The highest BCUT2D eigenvalue weighted by molar-refractivity contribution is 7.11. The molecule has 0 unspecified atom stereocenters. The van der Waals surface area contributed by atoms with Gasteiger partial charge in [-0.05, 0) is 23.6 Å². The van der Waals surface area contributed by atoms with Crippen molar-refractivity contribution in [2.24, 2.45) is 0 Å². The SMILES string of the molecule is CC(C)c1ccc(Oc2nc(Cl)cs2)cc1. The molecule has 0 radical (unpaired) electrons. The second-order valence-electron chi connectivity index (χ2n) is 3.76. The van der Waals surface area contributed by atoms with Crippen LogP contribution in [0.2, 0.25) is 5.15 Å². The standard InChI is InChI=1S/C12H12ClNOS/c1-8(2)9-3-5-10(6-4-9)15-12-14-11(13)7-16-12/h3-8H,1-2H3. The van der Waals surface area contributed by atoms with Crippen LogP contribution in [0, 0.1) is 0 Å². The van der Waals surface area contributed by atoms with Crippen molar-refractivity contribution < 1.29 is 4.74 Å². The van der Waals surface area contributed by atoms with Crippen LogP contribution >= 0.6 is 22.9 Å². The molecule has 0 amide bonds. The summed E-state index contributed by atoms with van der Waals surface area (Å²) in [6.45, 7) is 4.33. The molecule has 0 aliphatic rings. The molecule has 0 atom stereocenters. The Balaban J connectivity index is 2.11. The number of hydrogen-bond donors (Lipinski definition) is 0. The molecule has 2 nitrogen and oxygen atoms in total.